The van der Waals surface area contributed by atoms with Crippen molar-refractivity contribution < 1.29 is 18.1 Å². The van der Waals surface area contributed by atoms with Crippen LogP contribution in [0, 0.1) is 5.82 Å². The van der Waals surface area contributed by atoms with Crippen LogP contribution < -0.4 is 4.74 Å². The van der Waals surface area contributed by atoms with Gasteiger partial charge in [0.1, 0.15) is 12.3 Å². The molecule has 0 radical (unpaired) electrons. The molecule has 0 aliphatic heterocycles. The number of halogens is 2. The third-order valence-electron chi connectivity index (χ3n) is 2.59. The molecule has 0 saturated heterocycles. The molecule has 0 unspecified atom stereocenters. The van der Waals surface area contributed by atoms with Gasteiger partial charge in [0, 0.05) is 10.5 Å². The second-order valence-electron chi connectivity index (χ2n) is 4.02. The van der Waals surface area contributed by atoms with Crippen molar-refractivity contribution in [2.45, 2.75) is 6.61 Å². The monoisotopic (exact) mass is 337 g/mol. The van der Waals surface area contributed by atoms with Gasteiger partial charge in [-0.15, -0.1) is 0 Å². The molecule has 0 aliphatic carbocycles. The summed E-state index contributed by atoms with van der Waals surface area (Å²) < 4.78 is 29.9. The molecule has 2 heterocycles. The largest absolute Gasteiger partial charge is 0.484 e. The van der Waals surface area contributed by atoms with Crippen LogP contribution in [0.1, 0.15) is 5.69 Å². The van der Waals surface area contributed by atoms with E-state index in [0.29, 0.717) is 21.7 Å². The van der Waals surface area contributed by atoms with E-state index >= 15 is 0 Å². The van der Waals surface area contributed by atoms with Crippen LogP contribution in [-0.2, 0) is 6.61 Å². The van der Waals surface area contributed by atoms with E-state index in [2.05, 4.69) is 21.1 Å². The molecule has 1 aromatic carbocycles. The maximum Gasteiger partial charge on any atom is 0.202 e. The minimum Gasteiger partial charge on any atom is -0.484 e. The summed E-state index contributed by atoms with van der Waals surface area (Å²) >= 11 is 3.18. The molecular weight excluding hydrogens is 329 g/mol. The van der Waals surface area contributed by atoms with Crippen molar-refractivity contribution in [2.24, 2.45) is 0 Å². The minimum atomic E-state index is -0.436. The average molecular weight is 338 g/mol. The van der Waals surface area contributed by atoms with Gasteiger partial charge in [0.15, 0.2) is 17.3 Å². The molecule has 0 amide bonds. The standard InChI is InChI=1S/C14H9BrFNO3/c15-9-3-4-12(11(16)6-9)19-8-10-7-14(20-17-10)13-2-1-5-18-13/h1-7H,8H2. The Labute approximate surface area is 122 Å². The topological polar surface area (TPSA) is 48.4 Å². The zero-order valence-electron chi connectivity index (χ0n) is 10.2. The summed E-state index contributed by atoms with van der Waals surface area (Å²) in [5.41, 5.74) is 0.554. The second kappa shape index (κ2) is 5.50. The zero-order valence-corrected chi connectivity index (χ0v) is 11.8. The molecule has 0 atom stereocenters. The Kier molecular flexibility index (Phi) is 3.56. The molecule has 3 aromatic rings. The molecule has 20 heavy (non-hydrogen) atoms. The molecular formula is C14H9BrFNO3. The highest BCUT2D eigenvalue weighted by molar-refractivity contribution is 9.10. The van der Waals surface area contributed by atoms with Crippen molar-refractivity contribution in [2.75, 3.05) is 0 Å². The van der Waals surface area contributed by atoms with Gasteiger partial charge in [-0.1, -0.05) is 21.1 Å². The van der Waals surface area contributed by atoms with Gasteiger partial charge in [0.05, 0.1) is 6.26 Å². The average Bonchev–Trinajstić information content (AvgIpc) is 3.08. The van der Waals surface area contributed by atoms with Crippen LogP contribution in [0.15, 0.2) is 56.1 Å². The van der Waals surface area contributed by atoms with Crippen LogP contribution in [0.3, 0.4) is 0 Å². The number of hydrogen-bond donors (Lipinski definition) is 0. The van der Waals surface area contributed by atoms with Gasteiger partial charge < -0.3 is 13.7 Å². The fraction of sp³-hybridized carbons (Fsp3) is 0.0714. The van der Waals surface area contributed by atoms with Crippen molar-refractivity contribution in [1.29, 1.82) is 0 Å². The lowest BCUT2D eigenvalue weighted by atomic mass is 10.3. The van der Waals surface area contributed by atoms with E-state index in [4.69, 9.17) is 13.7 Å². The van der Waals surface area contributed by atoms with Gasteiger partial charge in [-0.05, 0) is 30.3 Å². The van der Waals surface area contributed by atoms with Crippen molar-refractivity contribution in [3.05, 3.63) is 58.6 Å². The van der Waals surface area contributed by atoms with E-state index in [1.54, 1.807) is 36.6 Å². The van der Waals surface area contributed by atoms with E-state index in [1.807, 2.05) is 0 Å². The van der Waals surface area contributed by atoms with Gasteiger partial charge in [-0.2, -0.15) is 0 Å². The molecule has 0 N–H and O–H groups in total. The number of rotatable bonds is 4. The normalized spacial score (nSPS) is 10.7. The van der Waals surface area contributed by atoms with Crippen LogP contribution in [0.4, 0.5) is 4.39 Å². The number of ether oxygens (including phenoxy) is 1. The van der Waals surface area contributed by atoms with Gasteiger partial charge in [0.2, 0.25) is 5.76 Å². The van der Waals surface area contributed by atoms with Crippen LogP contribution >= 0.6 is 15.9 Å². The molecule has 0 spiro atoms. The lowest BCUT2D eigenvalue weighted by molar-refractivity contribution is 0.276. The lowest BCUT2D eigenvalue weighted by Gasteiger charge is -2.04. The summed E-state index contributed by atoms with van der Waals surface area (Å²) in [4.78, 5) is 0. The predicted octanol–water partition coefficient (Wildman–Crippen LogP) is 4.42. The van der Waals surface area contributed by atoms with Crippen LogP contribution in [0.2, 0.25) is 0 Å². The summed E-state index contributed by atoms with van der Waals surface area (Å²) in [6.07, 6.45) is 1.55. The molecule has 0 bridgehead atoms. The first-order chi connectivity index (χ1) is 9.72. The third-order valence-corrected chi connectivity index (χ3v) is 3.09. The Hall–Kier alpha value is -2.08. The molecule has 102 valence electrons. The Bertz CT molecular complexity index is 709. The second-order valence-corrected chi connectivity index (χ2v) is 4.94. The predicted molar refractivity (Wildman–Crippen MR) is 72.6 cm³/mol. The maximum absolute atomic E-state index is 13.6. The molecule has 0 aliphatic rings. The van der Waals surface area contributed by atoms with Crippen LogP contribution in [0.5, 0.6) is 5.75 Å². The quantitative estimate of drug-likeness (QED) is 0.707. The lowest BCUT2D eigenvalue weighted by Crippen LogP contribution is -1.97. The molecule has 6 heteroatoms. The zero-order chi connectivity index (χ0) is 13.9. The highest BCUT2D eigenvalue weighted by Crippen LogP contribution is 2.24. The SMILES string of the molecule is Fc1cc(Br)ccc1OCc1cc(-c2ccco2)on1. The number of benzene rings is 1. The summed E-state index contributed by atoms with van der Waals surface area (Å²) in [7, 11) is 0. The fourth-order valence-electron chi connectivity index (χ4n) is 1.66. The number of nitrogens with zero attached hydrogens (tertiary/aromatic N) is 1. The van der Waals surface area contributed by atoms with Crippen LogP contribution in [0.25, 0.3) is 11.5 Å². The van der Waals surface area contributed by atoms with Gasteiger partial charge in [-0.3, -0.25) is 0 Å². The van der Waals surface area contributed by atoms with Gasteiger partial charge >= 0.3 is 0 Å². The van der Waals surface area contributed by atoms with Crippen molar-refractivity contribution in [3.8, 4) is 17.3 Å². The molecule has 0 fully saturated rings. The van der Waals surface area contributed by atoms with E-state index < -0.39 is 5.82 Å². The minimum absolute atomic E-state index is 0.114. The Morgan fingerprint density at radius 2 is 2.10 bits per heavy atom. The molecule has 4 nitrogen and oxygen atoms in total. The number of aromatic nitrogens is 1. The first kappa shape index (κ1) is 12.9. The smallest absolute Gasteiger partial charge is 0.202 e. The van der Waals surface area contributed by atoms with Gasteiger partial charge in [-0.25, -0.2) is 4.39 Å². The summed E-state index contributed by atoms with van der Waals surface area (Å²) in [6, 6.07) is 9.80. The highest BCUT2D eigenvalue weighted by Gasteiger charge is 2.10. The Morgan fingerprint density at radius 3 is 2.85 bits per heavy atom. The molecule has 2 aromatic heterocycles. The highest BCUT2D eigenvalue weighted by atomic mass is 79.9. The maximum atomic E-state index is 13.6. The van der Waals surface area contributed by atoms with Crippen molar-refractivity contribution in [3.63, 3.8) is 0 Å². The number of furan rings is 1. The van der Waals surface area contributed by atoms with Gasteiger partial charge in [0.25, 0.3) is 0 Å². The fourth-order valence-corrected chi connectivity index (χ4v) is 1.99. The number of hydrogen-bond acceptors (Lipinski definition) is 4. The molecule has 3 rings (SSSR count). The van der Waals surface area contributed by atoms with E-state index in [9.17, 15) is 4.39 Å². The Balaban J connectivity index is 1.70. The van der Waals surface area contributed by atoms with E-state index in [0.717, 1.165) is 0 Å². The van der Waals surface area contributed by atoms with Crippen molar-refractivity contribution in [1.82, 2.24) is 5.16 Å². The Morgan fingerprint density at radius 1 is 1.20 bits per heavy atom. The van der Waals surface area contributed by atoms with Crippen molar-refractivity contribution >= 4 is 15.9 Å². The summed E-state index contributed by atoms with van der Waals surface area (Å²) in [6.45, 7) is 0.114. The van der Waals surface area contributed by atoms with Crippen LogP contribution in [-0.4, -0.2) is 5.16 Å². The molecule has 0 saturated carbocycles. The first-order valence-corrected chi connectivity index (χ1v) is 6.59. The van der Waals surface area contributed by atoms with E-state index in [1.165, 1.54) is 6.07 Å². The summed E-state index contributed by atoms with van der Waals surface area (Å²) in [5.74, 6) is 0.813. The first-order valence-electron chi connectivity index (χ1n) is 5.80. The third kappa shape index (κ3) is 2.75. The van der Waals surface area contributed by atoms with E-state index in [-0.39, 0.29) is 12.4 Å². The summed E-state index contributed by atoms with van der Waals surface area (Å²) in [5, 5.41) is 3.84.